The number of nitrogens with two attached hydrogens (primary N) is 1. The molecule has 1 aliphatic rings. The number of nitrogen functional groups attached to an aromatic ring is 1. The standard InChI is InChI=1S/C15H22ClN3O2/c16-13-6-5-11(17)9-14(13)18-15(21)10-19(7-8-20)12-3-1-2-4-12/h5-6,9,12,20H,1-4,7-8,10,17H2,(H,18,21). The highest BCUT2D eigenvalue weighted by Crippen LogP contribution is 2.25. The number of benzene rings is 1. The van der Waals surface area contributed by atoms with Crippen molar-refractivity contribution in [2.75, 3.05) is 30.7 Å². The lowest BCUT2D eigenvalue weighted by atomic mass is 10.2. The zero-order valence-corrected chi connectivity index (χ0v) is 12.8. The van der Waals surface area contributed by atoms with Crippen molar-refractivity contribution in [1.82, 2.24) is 4.90 Å². The molecule has 0 saturated heterocycles. The predicted molar refractivity (Wildman–Crippen MR) is 85.4 cm³/mol. The molecule has 0 spiro atoms. The first-order chi connectivity index (χ1) is 10.1. The molecule has 116 valence electrons. The van der Waals surface area contributed by atoms with E-state index in [4.69, 9.17) is 22.4 Å². The van der Waals surface area contributed by atoms with Crippen molar-refractivity contribution >= 4 is 28.9 Å². The minimum absolute atomic E-state index is 0.0584. The average molecular weight is 312 g/mol. The minimum Gasteiger partial charge on any atom is -0.399 e. The van der Waals surface area contributed by atoms with E-state index in [0.717, 1.165) is 12.8 Å². The number of rotatable bonds is 6. The van der Waals surface area contributed by atoms with Crippen LogP contribution in [0.4, 0.5) is 11.4 Å². The van der Waals surface area contributed by atoms with Gasteiger partial charge in [0.2, 0.25) is 5.91 Å². The molecule has 21 heavy (non-hydrogen) atoms. The lowest BCUT2D eigenvalue weighted by Gasteiger charge is -2.27. The van der Waals surface area contributed by atoms with Gasteiger partial charge in [-0.15, -0.1) is 0 Å². The quantitative estimate of drug-likeness (QED) is 0.703. The monoisotopic (exact) mass is 311 g/mol. The molecular weight excluding hydrogens is 290 g/mol. The van der Waals surface area contributed by atoms with E-state index in [9.17, 15) is 4.79 Å². The Morgan fingerprint density at radius 2 is 2.14 bits per heavy atom. The van der Waals surface area contributed by atoms with Crippen molar-refractivity contribution in [3.63, 3.8) is 0 Å². The van der Waals surface area contributed by atoms with Crippen LogP contribution in [0.5, 0.6) is 0 Å². The van der Waals surface area contributed by atoms with Crippen LogP contribution in [-0.4, -0.2) is 41.7 Å². The van der Waals surface area contributed by atoms with Gasteiger partial charge in [0.25, 0.3) is 0 Å². The predicted octanol–water partition coefficient (Wildman–Crippen LogP) is 2.10. The van der Waals surface area contributed by atoms with Gasteiger partial charge >= 0.3 is 0 Å². The van der Waals surface area contributed by atoms with Crippen molar-refractivity contribution in [2.45, 2.75) is 31.7 Å². The third-order valence-electron chi connectivity index (χ3n) is 3.84. The van der Waals surface area contributed by atoms with Gasteiger partial charge in [-0.1, -0.05) is 24.4 Å². The summed E-state index contributed by atoms with van der Waals surface area (Å²) in [6, 6.07) is 5.38. The fraction of sp³-hybridized carbons (Fsp3) is 0.533. The third kappa shape index (κ3) is 4.59. The maximum Gasteiger partial charge on any atom is 0.238 e. The van der Waals surface area contributed by atoms with Gasteiger partial charge in [-0.25, -0.2) is 0 Å². The van der Waals surface area contributed by atoms with Crippen LogP contribution in [-0.2, 0) is 4.79 Å². The molecule has 0 radical (unpaired) electrons. The summed E-state index contributed by atoms with van der Waals surface area (Å²) in [6.45, 7) is 0.835. The summed E-state index contributed by atoms with van der Waals surface area (Å²) in [5, 5.41) is 12.4. The molecule has 0 bridgehead atoms. The maximum atomic E-state index is 12.2. The van der Waals surface area contributed by atoms with E-state index in [2.05, 4.69) is 5.32 Å². The molecular formula is C15H22ClN3O2. The fourth-order valence-electron chi connectivity index (χ4n) is 2.80. The second kappa shape index (κ2) is 7.64. The van der Waals surface area contributed by atoms with Crippen LogP contribution in [0.25, 0.3) is 0 Å². The molecule has 1 fully saturated rings. The van der Waals surface area contributed by atoms with E-state index < -0.39 is 0 Å². The van der Waals surface area contributed by atoms with Gasteiger partial charge in [-0.2, -0.15) is 0 Å². The molecule has 0 heterocycles. The van der Waals surface area contributed by atoms with Gasteiger partial charge in [0.05, 0.1) is 23.9 Å². The van der Waals surface area contributed by atoms with Gasteiger partial charge in [0.15, 0.2) is 0 Å². The average Bonchev–Trinajstić information content (AvgIpc) is 2.96. The zero-order valence-electron chi connectivity index (χ0n) is 12.0. The van der Waals surface area contributed by atoms with Crippen LogP contribution in [0.3, 0.4) is 0 Å². The summed E-state index contributed by atoms with van der Waals surface area (Å²) in [4.78, 5) is 14.2. The smallest absolute Gasteiger partial charge is 0.238 e. The first-order valence-electron chi connectivity index (χ1n) is 7.30. The highest BCUT2D eigenvalue weighted by molar-refractivity contribution is 6.33. The first kappa shape index (κ1) is 16.1. The Labute approximate surface area is 130 Å². The van der Waals surface area contributed by atoms with Crippen molar-refractivity contribution in [3.8, 4) is 0 Å². The van der Waals surface area contributed by atoms with Crippen molar-refractivity contribution in [3.05, 3.63) is 23.2 Å². The van der Waals surface area contributed by atoms with E-state index >= 15 is 0 Å². The summed E-state index contributed by atoms with van der Waals surface area (Å²) in [5.41, 5.74) is 6.78. The number of carbonyl (C=O) groups excluding carboxylic acids is 1. The van der Waals surface area contributed by atoms with E-state index in [1.165, 1.54) is 12.8 Å². The molecule has 1 aromatic rings. The molecule has 1 aliphatic carbocycles. The van der Waals surface area contributed by atoms with Crippen LogP contribution < -0.4 is 11.1 Å². The number of nitrogens with zero attached hydrogens (tertiary/aromatic N) is 1. The van der Waals surface area contributed by atoms with E-state index in [0.29, 0.717) is 29.0 Å². The second-order valence-corrected chi connectivity index (χ2v) is 5.83. The van der Waals surface area contributed by atoms with Gasteiger partial charge < -0.3 is 16.2 Å². The SMILES string of the molecule is Nc1ccc(Cl)c(NC(=O)CN(CCO)C2CCCC2)c1. The molecule has 2 rings (SSSR count). The number of amides is 1. The van der Waals surface area contributed by atoms with Crippen LogP contribution >= 0.6 is 11.6 Å². The number of aliphatic hydroxyl groups is 1. The van der Waals surface area contributed by atoms with Gasteiger partial charge in [-0.3, -0.25) is 9.69 Å². The Kier molecular flexibility index (Phi) is 5.85. The van der Waals surface area contributed by atoms with Gasteiger partial charge in [-0.05, 0) is 31.0 Å². The second-order valence-electron chi connectivity index (χ2n) is 5.42. The van der Waals surface area contributed by atoms with Crippen molar-refractivity contribution in [2.24, 2.45) is 0 Å². The summed E-state index contributed by atoms with van der Waals surface area (Å²) in [6.07, 6.45) is 4.56. The molecule has 0 aromatic heterocycles. The van der Waals surface area contributed by atoms with Crippen LogP contribution in [0.1, 0.15) is 25.7 Å². The Balaban J connectivity index is 1.96. The third-order valence-corrected chi connectivity index (χ3v) is 4.17. The highest BCUT2D eigenvalue weighted by Gasteiger charge is 2.24. The maximum absolute atomic E-state index is 12.2. The summed E-state index contributed by atoms with van der Waals surface area (Å²) in [7, 11) is 0. The Hall–Kier alpha value is -1.30. The molecule has 1 amide bonds. The van der Waals surface area contributed by atoms with Gasteiger partial charge in [0, 0.05) is 18.3 Å². The number of halogens is 1. The van der Waals surface area contributed by atoms with E-state index in [1.54, 1.807) is 18.2 Å². The van der Waals surface area contributed by atoms with Crippen molar-refractivity contribution < 1.29 is 9.90 Å². The molecule has 1 aromatic carbocycles. The fourth-order valence-corrected chi connectivity index (χ4v) is 2.97. The van der Waals surface area contributed by atoms with Crippen LogP contribution in [0, 0.1) is 0 Å². The number of anilines is 2. The minimum atomic E-state index is -0.136. The molecule has 0 atom stereocenters. The van der Waals surface area contributed by atoms with E-state index in [1.807, 2.05) is 4.90 Å². The Morgan fingerprint density at radius 3 is 2.81 bits per heavy atom. The first-order valence-corrected chi connectivity index (χ1v) is 7.67. The molecule has 5 nitrogen and oxygen atoms in total. The largest absolute Gasteiger partial charge is 0.399 e. The normalized spacial score (nSPS) is 15.6. The molecule has 4 N–H and O–H groups in total. The van der Waals surface area contributed by atoms with Crippen LogP contribution in [0.15, 0.2) is 18.2 Å². The van der Waals surface area contributed by atoms with Gasteiger partial charge in [0.1, 0.15) is 0 Å². The Morgan fingerprint density at radius 1 is 1.43 bits per heavy atom. The Bertz CT molecular complexity index is 490. The molecule has 0 unspecified atom stereocenters. The lowest BCUT2D eigenvalue weighted by molar-refractivity contribution is -0.118. The number of hydrogen-bond acceptors (Lipinski definition) is 4. The highest BCUT2D eigenvalue weighted by atomic mass is 35.5. The molecule has 6 heteroatoms. The van der Waals surface area contributed by atoms with Crippen LogP contribution in [0.2, 0.25) is 5.02 Å². The number of nitrogens with one attached hydrogen (secondary N) is 1. The number of hydrogen-bond donors (Lipinski definition) is 3. The number of carbonyl (C=O) groups is 1. The topological polar surface area (TPSA) is 78.6 Å². The molecule has 1 saturated carbocycles. The summed E-state index contributed by atoms with van der Waals surface area (Å²) < 4.78 is 0. The number of aliphatic hydroxyl groups excluding tert-OH is 1. The molecule has 0 aliphatic heterocycles. The van der Waals surface area contributed by atoms with Crippen molar-refractivity contribution in [1.29, 1.82) is 0 Å². The summed E-state index contributed by atoms with van der Waals surface area (Å²) >= 11 is 6.04. The summed E-state index contributed by atoms with van der Waals surface area (Å²) in [5.74, 6) is -0.136. The lowest BCUT2D eigenvalue weighted by Crippen LogP contribution is -2.41. The zero-order chi connectivity index (χ0) is 15.2. The van der Waals surface area contributed by atoms with E-state index in [-0.39, 0.29) is 19.1 Å².